The molecule has 7 N–H and O–H groups in total. The zero-order chi connectivity index (χ0) is 34.2. The molecule has 0 radical (unpaired) electrons. The van der Waals surface area contributed by atoms with Crippen molar-refractivity contribution in [3.05, 3.63) is 113 Å². The number of hydrogen-bond acceptors (Lipinski definition) is 7. The molecule has 0 aliphatic heterocycles. The Balaban J connectivity index is 0.000000410. The van der Waals surface area contributed by atoms with Gasteiger partial charge in [-0.3, -0.25) is 0 Å². The largest absolute Gasteiger partial charge is 0.478 e. The Bertz CT molecular complexity index is 2140. The Morgan fingerprint density at radius 2 is 0.745 bits per heavy atom. The molecule has 0 fully saturated rings. The summed E-state index contributed by atoms with van der Waals surface area (Å²) in [6.07, 6.45) is 1.70. The van der Waals surface area contributed by atoms with Crippen molar-refractivity contribution in [1.29, 1.82) is 0 Å². The maximum absolute atomic E-state index is 12.1. The van der Waals surface area contributed by atoms with Gasteiger partial charge in [-0.25, -0.2) is 33.8 Å². The second-order valence-corrected chi connectivity index (χ2v) is 9.89. The summed E-state index contributed by atoms with van der Waals surface area (Å²) in [4.78, 5) is 79.2. The molecule has 5 aromatic carbocycles. The van der Waals surface area contributed by atoms with E-state index in [4.69, 9.17) is 0 Å². The van der Waals surface area contributed by atoms with Crippen molar-refractivity contribution in [2.75, 3.05) is 0 Å². The number of carbonyl (C=O) groups is 6. The maximum Gasteiger partial charge on any atom is 0.336 e. The molecular formula is C33H20N2O12. The van der Waals surface area contributed by atoms with Crippen LogP contribution in [0.1, 0.15) is 62.1 Å². The number of aromatic amines is 1. The molecule has 0 spiro atoms. The lowest BCUT2D eigenvalue weighted by molar-refractivity contribution is 0.0679. The molecule has 6 rings (SSSR count). The highest BCUT2D eigenvalue weighted by molar-refractivity contribution is 6.25. The number of rotatable bonds is 7. The second kappa shape index (κ2) is 12.1. The number of H-pyrrole nitrogens is 1. The number of carboxylic acid groups (broad SMARTS) is 6. The summed E-state index contributed by atoms with van der Waals surface area (Å²) in [7, 11) is 0. The van der Waals surface area contributed by atoms with E-state index < -0.39 is 80.0 Å². The summed E-state index contributed by atoms with van der Waals surface area (Å²) in [6.45, 7) is 0. The van der Waals surface area contributed by atoms with E-state index in [-0.39, 0.29) is 21.9 Å². The van der Waals surface area contributed by atoms with Gasteiger partial charge in [-0.1, -0.05) is 24.3 Å². The number of fused-ring (bicyclic) bond motifs is 3. The van der Waals surface area contributed by atoms with Crippen molar-refractivity contribution in [3.63, 3.8) is 0 Å². The number of para-hydroxylation sites is 2. The lowest BCUT2D eigenvalue weighted by Crippen LogP contribution is -2.10. The average molecular weight is 637 g/mol. The summed E-state index contributed by atoms with van der Waals surface area (Å²) in [6, 6.07) is 15.9. The van der Waals surface area contributed by atoms with E-state index in [1.54, 1.807) is 6.33 Å². The molecular weight excluding hydrogens is 616 g/mol. The third-order valence-electron chi connectivity index (χ3n) is 7.32. The summed E-state index contributed by atoms with van der Waals surface area (Å²) < 4.78 is 0. The fourth-order valence-corrected chi connectivity index (χ4v) is 5.39. The molecule has 47 heavy (non-hydrogen) atoms. The SMILES string of the molecule is O=C(O)c1ccc(C(=O)O)c2c(-c3ccc(C(=O)O)c4c(C(=O)O)ccc(C(=O)O)c34)ccc(C(=O)O)c12.c1ccc2[nH]cnc2c1. The van der Waals surface area contributed by atoms with Crippen LogP contribution in [0.3, 0.4) is 0 Å². The topological polar surface area (TPSA) is 252 Å². The minimum atomic E-state index is -1.57. The lowest BCUT2D eigenvalue weighted by atomic mass is 9.84. The summed E-state index contributed by atoms with van der Waals surface area (Å²) in [5.41, 5.74) is -1.46. The zero-order valence-electron chi connectivity index (χ0n) is 23.6. The van der Waals surface area contributed by atoms with Crippen LogP contribution in [0.2, 0.25) is 0 Å². The first-order chi connectivity index (χ1) is 22.3. The third-order valence-corrected chi connectivity index (χ3v) is 7.32. The van der Waals surface area contributed by atoms with Crippen LogP contribution >= 0.6 is 0 Å². The Labute approximate surface area is 261 Å². The number of aromatic carboxylic acids is 6. The molecule has 6 aromatic rings. The number of aromatic nitrogens is 2. The molecule has 0 bridgehead atoms. The Morgan fingerprint density at radius 1 is 0.426 bits per heavy atom. The third kappa shape index (κ3) is 5.53. The van der Waals surface area contributed by atoms with E-state index in [9.17, 15) is 59.4 Å². The predicted octanol–water partition coefficient (Wildman–Crippen LogP) is 5.41. The van der Waals surface area contributed by atoms with Gasteiger partial charge in [0.05, 0.1) is 50.7 Å². The summed E-state index contributed by atoms with van der Waals surface area (Å²) >= 11 is 0. The van der Waals surface area contributed by atoms with Gasteiger partial charge in [0.15, 0.2) is 0 Å². The van der Waals surface area contributed by atoms with Gasteiger partial charge in [0.1, 0.15) is 0 Å². The van der Waals surface area contributed by atoms with Crippen LogP contribution in [-0.4, -0.2) is 76.4 Å². The molecule has 14 heteroatoms. The number of carboxylic acids is 6. The van der Waals surface area contributed by atoms with Crippen molar-refractivity contribution >= 4 is 68.4 Å². The van der Waals surface area contributed by atoms with Crippen LogP contribution in [0.5, 0.6) is 0 Å². The molecule has 0 saturated carbocycles. The van der Waals surface area contributed by atoms with Crippen molar-refractivity contribution < 1.29 is 59.4 Å². The average Bonchev–Trinajstić information content (AvgIpc) is 3.51. The highest BCUT2D eigenvalue weighted by Gasteiger charge is 2.28. The van der Waals surface area contributed by atoms with Gasteiger partial charge in [-0.05, 0) is 59.7 Å². The number of benzene rings is 5. The highest BCUT2D eigenvalue weighted by Crippen LogP contribution is 2.41. The Hall–Kier alpha value is -7.09. The van der Waals surface area contributed by atoms with Crippen molar-refractivity contribution in [3.8, 4) is 11.1 Å². The molecule has 0 atom stereocenters. The number of nitrogens with one attached hydrogen (secondary N) is 1. The van der Waals surface area contributed by atoms with Gasteiger partial charge in [-0.2, -0.15) is 0 Å². The monoisotopic (exact) mass is 636 g/mol. The van der Waals surface area contributed by atoms with Crippen molar-refractivity contribution in [1.82, 2.24) is 9.97 Å². The van der Waals surface area contributed by atoms with Crippen LogP contribution in [0.25, 0.3) is 43.7 Å². The Morgan fingerprint density at radius 3 is 1.09 bits per heavy atom. The summed E-state index contributed by atoms with van der Waals surface area (Å²) in [5, 5.41) is 56.9. The molecule has 0 aliphatic carbocycles. The number of imidazole rings is 1. The van der Waals surface area contributed by atoms with Gasteiger partial charge in [-0.15, -0.1) is 0 Å². The van der Waals surface area contributed by atoms with Gasteiger partial charge < -0.3 is 35.6 Å². The van der Waals surface area contributed by atoms with Crippen molar-refractivity contribution in [2.45, 2.75) is 0 Å². The molecule has 0 saturated heterocycles. The van der Waals surface area contributed by atoms with Crippen LogP contribution in [0.15, 0.2) is 79.1 Å². The maximum atomic E-state index is 12.1. The minimum absolute atomic E-state index is 0.155. The highest BCUT2D eigenvalue weighted by atomic mass is 16.4. The smallest absolute Gasteiger partial charge is 0.336 e. The van der Waals surface area contributed by atoms with Crippen LogP contribution < -0.4 is 0 Å². The van der Waals surface area contributed by atoms with E-state index in [1.165, 1.54) is 0 Å². The van der Waals surface area contributed by atoms with Gasteiger partial charge in [0.25, 0.3) is 0 Å². The summed E-state index contributed by atoms with van der Waals surface area (Å²) in [5.74, 6) is -9.41. The molecule has 0 amide bonds. The van der Waals surface area contributed by atoms with Crippen LogP contribution in [0.4, 0.5) is 0 Å². The number of nitrogens with zero attached hydrogens (tertiary/aromatic N) is 1. The molecule has 1 heterocycles. The Kier molecular flexibility index (Phi) is 8.09. The lowest BCUT2D eigenvalue weighted by Gasteiger charge is -2.18. The van der Waals surface area contributed by atoms with Gasteiger partial charge in [0.2, 0.25) is 0 Å². The van der Waals surface area contributed by atoms with Gasteiger partial charge >= 0.3 is 35.8 Å². The van der Waals surface area contributed by atoms with E-state index >= 15 is 0 Å². The first-order valence-electron chi connectivity index (χ1n) is 13.3. The number of hydrogen-bond donors (Lipinski definition) is 7. The molecule has 0 aliphatic rings. The normalized spacial score (nSPS) is 10.7. The first kappa shape index (κ1) is 31.3. The quantitative estimate of drug-likeness (QED) is 0.116. The predicted molar refractivity (Wildman–Crippen MR) is 165 cm³/mol. The van der Waals surface area contributed by atoms with E-state index in [0.29, 0.717) is 0 Å². The van der Waals surface area contributed by atoms with Crippen LogP contribution in [-0.2, 0) is 0 Å². The molecule has 0 unspecified atom stereocenters. The standard InChI is InChI=1S/C26H14O12.C7H6N2/c27-21(28)11-5-7-15(25(35)36)19-13(23(31)32)3-1-9(17(11)19)10-2-4-14(24(33)34)20-16(26(37)38)8-6-12(18(10)20)22(29)30;1-2-4-7-6(3-1)8-5-9-7/h1-8H,(H,27,28)(H,29,30)(H,31,32)(H,33,34)(H,35,36)(H,37,38);1-5H,(H,8,9). The fourth-order valence-electron chi connectivity index (χ4n) is 5.39. The second-order valence-electron chi connectivity index (χ2n) is 9.89. The molecule has 14 nitrogen and oxygen atoms in total. The minimum Gasteiger partial charge on any atom is -0.478 e. The molecule has 234 valence electrons. The zero-order valence-corrected chi connectivity index (χ0v) is 23.6. The van der Waals surface area contributed by atoms with Gasteiger partial charge in [0, 0.05) is 21.5 Å². The van der Waals surface area contributed by atoms with E-state index in [0.717, 1.165) is 59.6 Å². The molecule has 1 aromatic heterocycles. The van der Waals surface area contributed by atoms with Crippen molar-refractivity contribution in [2.24, 2.45) is 0 Å². The fraction of sp³-hybridized carbons (Fsp3) is 0. The first-order valence-corrected chi connectivity index (χ1v) is 13.3. The van der Waals surface area contributed by atoms with E-state index in [2.05, 4.69) is 9.97 Å². The van der Waals surface area contributed by atoms with E-state index in [1.807, 2.05) is 24.3 Å². The van der Waals surface area contributed by atoms with Crippen LogP contribution in [0, 0.1) is 0 Å².